The third-order valence-electron chi connectivity index (χ3n) is 6.21. The minimum absolute atomic E-state index is 0.0599. The molecule has 7 nitrogen and oxygen atoms in total. The van der Waals surface area contributed by atoms with E-state index >= 15 is 0 Å². The van der Waals surface area contributed by atoms with Gasteiger partial charge in [-0.15, -0.1) is 0 Å². The summed E-state index contributed by atoms with van der Waals surface area (Å²) in [5, 5.41) is 5.79. The van der Waals surface area contributed by atoms with Crippen molar-refractivity contribution in [2.45, 2.75) is 89.4 Å². The second kappa shape index (κ2) is 11.7. The number of carbonyl (C=O) groups excluding carboxylic acids is 3. The predicted octanol–water partition coefficient (Wildman–Crippen LogP) is 3.52. The number of rotatable bonds is 6. The second-order valence-electron chi connectivity index (χ2n) is 8.67. The lowest BCUT2D eigenvalue weighted by Gasteiger charge is -2.29. The van der Waals surface area contributed by atoms with Gasteiger partial charge in [0, 0.05) is 12.6 Å². The van der Waals surface area contributed by atoms with Crippen molar-refractivity contribution in [3.8, 4) is 0 Å². The van der Waals surface area contributed by atoms with E-state index in [4.69, 9.17) is 4.74 Å². The van der Waals surface area contributed by atoms with Crippen molar-refractivity contribution >= 4 is 17.9 Å². The molecule has 0 unspecified atom stereocenters. The topological polar surface area (TPSA) is 87.7 Å². The highest BCUT2D eigenvalue weighted by Gasteiger charge is 2.37. The average Bonchev–Trinajstić information content (AvgIpc) is 3.24. The lowest BCUT2D eigenvalue weighted by Crippen LogP contribution is -2.53. The van der Waals surface area contributed by atoms with Crippen LogP contribution in [0, 0.1) is 0 Å². The maximum absolute atomic E-state index is 12.9. The summed E-state index contributed by atoms with van der Waals surface area (Å²) in [6.45, 7) is 2.31. The van der Waals surface area contributed by atoms with Gasteiger partial charge in [-0.2, -0.15) is 0 Å². The fourth-order valence-electron chi connectivity index (χ4n) is 4.45. The number of likely N-dealkylation sites (tertiary alicyclic amines) is 1. The highest BCUT2D eigenvalue weighted by molar-refractivity contribution is 5.91. The molecule has 1 aliphatic heterocycles. The third-order valence-corrected chi connectivity index (χ3v) is 6.21. The summed E-state index contributed by atoms with van der Waals surface area (Å²) in [4.78, 5) is 39.6. The Labute approximate surface area is 184 Å². The van der Waals surface area contributed by atoms with Crippen molar-refractivity contribution in [1.82, 2.24) is 15.5 Å². The first-order chi connectivity index (χ1) is 15.0. The average molecular weight is 430 g/mol. The van der Waals surface area contributed by atoms with Gasteiger partial charge in [0.1, 0.15) is 18.7 Å². The molecule has 3 amide bonds. The van der Waals surface area contributed by atoms with E-state index in [0.29, 0.717) is 13.0 Å². The first-order valence-electron chi connectivity index (χ1n) is 11.6. The molecular weight excluding hydrogens is 394 g/mol. The van der Waals surface area contributed by atoms with E-state index in [2.05, 4.69) is 10.6 Å². The van der Waals surface area contributed by atoms with Crippen LogP contribution in [0.2, 0.25) is 0 Å². The molecular formula is C24H35N3O4. The zero-order valence-electron chi connectivity index (χ0n) is 18.5. The van der Waals surface area contributed by atoms with Gasteiger partial charge in [-0.1, -0.05) is 62.4 Å². The Morgan fingerprint density at radius 1 is 1.00 bits per heavy atom. The smallest absolute Gasteiger partial charge is 0.408 e. The lowest BCUT2D eigenvalue weighted by atomic mass is 9.96. The minimum atomic E-state index is -0.752. The molecule has 1 heterocycles. The fraction of sp³-hybridized carbons (Fsp3) is 0.625. The van der Waals surface area contributed by atoms with E-state index < -0.39 is 18.2 Å². The number of hydrogen-bond acceptors (Lipinski definition) is 4. The Morgan fingerprint density at radius 2 is 1.68 bits per heavy atom. The predicted molar refractivity (Wildman–Crippen MR) is 118 cm³/mol. The van der Waals surface area contributed by atoms with Gasteiger partial charge in [0.15, 0.2) is 0 Å². The summed E-state index contributed by atoms with van der Waals surface area (Å²) >= 11 is 0. The van der Waals surface area contributed by atoms with Crippen LogP contribution in [0.25, 0.3) is 0 Å². The maximum atomic E-state index is 12.9. The molecule has 2 atom stereocenters. The van der Waals surface area contributed by atoms with Crippen LogP contribution in [0.5, 0.6) is 0 Å². The van der Waals surface area contributed by atoms with Crippen molar-refractivity contribution in [2.24, 2.45) is 0 Å². The quantitative estimate of drug-likeness (QED) is 0.724. The summed E-state index contributed by atoms with van der Waals surface area (Å²) in [6, 6.07) is 8.37. The van der Waals surface area contributed by atoms with E-state index in [1.165, 1.54) is 19.3 Å². The molecule has 2 N–H and O–H groups in total. The molecule has 1 saturated heterocycles. The molecule has 2 fully saturated rings. The number of benzene rings is 1. The van der Waals surface area contributed by atoms with Crippen molar-refractivity contribution in [3.05, 3.63) is 35.9 Å². The Hall–Kier alpha value is -2.57. The molecule has 7 heteroatoms. The van der Waals surface area contributed by atoms with Gasteiger partial charge >= 0.3 is 6.09 Å². The molecule has 170 valence electrons. The van der Waals surface area contributed by atoms with Gasteiger partial charge in [-0.05, 0) is 38.2 Å². The number of nitrogens with zero attached hydrogens (tertiary/aromatic N) is 1. The number of nitrogens with one attached hydrogen (secondary N) is 2. The molecule has 1 aliphatic carbocycles. The van der Waals surface area contributed by atoms with Gasteiger partial charge in [0.25, 0.3) is 0 Å². The monoisotopic (exact) mass is 429 g/mol. The SMILES string of the molecule is C[C@H](NC(=O)OCc1ccccc1)C(=O)N1CCC[C@H]1C(=O)NC1CCCCCCC1. The third kappa shape index (κ3) is 6.97. The van der Waals surface area contributed by atoms with Crippen LogP contribution in [-0.4, -0.2) is 47.5 Å². The number of amides is 3. The Balaban J connectivity index is 1.48. The molecule has 1 aromatic rings. The summed E-state index contributed by atoms with van der Waals surface area (Å²) in [5.41, 5.74) is 0.877. The van der Waals surface area contributed by atoms with Gasteiger partial charge in [0.05, 0.1) is 0 Å². The van der Waals surface area contributed by atoms with Crippen LogP contribution in [0.15, 0.2) is 30.3 Å². The van der Waals surface area contributed by atoms with Gasteiger partial charge < -0.3 is 20.3 Å². The molecule has 1 aromatic carbocycles. The molecule has 0 aromatic heterocycles. The van der Waals surface area contributed by atoms with Crippen LogP contribution in [0.4, 0.5) is 4.79 Å². The van der Waals surface area contributed by atoms with Crippen molar-refractivity contribution in [3.63, 3.8) is 0 Å². The van der Waals surface area contributed by atoms with Crippen molar-refractivity contribution in [1.29, 1.82) is 0 Å². The zero-order chi connectivity index (χ0) is 22.1. The summed E-state index contributed by atoms with van der Waals surface area (Å²) in [7, 11) is 0. The highest BCUT2D eigenvalue weighted by Crippen LogP contribution is 2.21. The van der Waals surface area contributed by atoms with E-state index in [-0.39, 0.29) is 24.5 Å². The van der Waals surface area contributed by atoms with Crippen LogP contribution in [0.1, 0.15) is 70.3 Å². The molecule has 0 bridgehead atoms. The molecule has 2 aliphatic rings. The molecule has 3 rings (SSSR count). The van der Waals surface area contributed by atoms with Crippen LogP contribution < -0.4 is 10.6 Å². The van der Waals surface area contributed by atoms with Crippen molar-refractivity contribution in [2.75, 3.05) is 6.54 Å². The molecule has 31 heavy (non-hydrogen) atoms. The van der Waals surface area contributed by atoms with Crippen molar-refractivity contribution < 1.29 is 19.1 Å². The lowest BCUT2D eigenvalue weighted by molar-refractivity contribution is -0.140. The normalized spacial score (nSPS) is 20.9. The number of alkyl carbamates (subject to hydrolysis) is 1. The number of ether oxygens (including phenoxy) is 1. The van der Waals surface area contributed by atoms with Gasteiger partial charge in [0.2, 0.25) is 11.8 Å². The Kier molecular flexibility index (Phi) is 8.74. The highest BCUT2D eigenvalue weighted by atomic mass is 16.5. The zero-order valence-corrected chi connectivity index (χ0v) is 18.5. The largest absolute Gasteiger partial charge is 0.445 e. The van der Waals surface area contributed by atoms with E-state index in [0.717, 1.165) is 37.7 Å². The Morgan fingerprint density at radius 3 is 2.39 bits per heavy atom. The summed E-state index contributed by atoms with van der Waals surface area (Å²) in [5.74, 6) is -0.303. The maximum Gasteiger partial charge on any atom is 0.408 e. The molecule has 0 spiro atoms. The first-order valence-corrected chi connectivity index (χ1v) is 11.6. The van der Waals surface area contributed by atoms with E-state index in [1.807, 2.05) is 30.3 Å². The van der Waals surface area contributed by atoms with E-state index in [9.17, 15) is 14.4 Å². The molecule has 1 saturated carbocycles. The number of carbonyl (C=O) groups is 3. The van der Waals surface area contributed by atoms with Gasteiger partial charge in [-0.25, -0.2) is 4.79 Å². The minimum Gasteiger partial charge on any atom is -0.445 e. The number of hydrogen-bond donors (Lipinski definition) is 2. The first kappa shape index (κ1) is 23.1. The van der Waals surface area contributed by atoms with Crippen LogP contribution >= 0.6 is 0 Å². The fourth-order valence-corrected chi connectivity index (χ4v) is 4.45. The second-order valence-corrected chi connectivity index (χ2v) is 8.67. The van der Waals surface area contributed by atoms with Gasteiger partial charge in [-0.3, -0.25) is 9.59 Å². The van der Waals surface area contributed by atoms with Crippen LogP contribution in [-0.2, 0) is 20.9 Å². The molecule has 0 radical (unpaired) electrons. The summed E-state index contributed by atoms with van der Waals surface area (Å²) < 4.78 is 5.21. The van der Waals surface area contributed by atoms with Crippen LogP contribution in [0.3, 0.4) is 0 Å². The standard InChI is InChI=1S/C24H35N3O4/c1-18(25-24(30)31-17-19-11-6-5-7-12-19)23(29)27-16-10-15-21(27)22(28)26-20-13-8-3-2-4-9-14-20/h5-7,11-12,18,20-21H,2-4,8-10,13-17H2,1H3,(H,25,30)(H,26,28)/t18-,21-/m0/s1. The van der Waals surface area contributed by atoms with E-state index in [1.54, 1.807) is 11.8 Å². The summed E-state index contributed by atoms with van der Waals surface area (Å²) in [6.07, 6.45) is 8.86. The Bertz CT molecular complexity index is 732.